The second-order valence-electron chi connectivity index (χ2n) is 5.93. The second-order valence-corrected chi connectivity index (χ2v) is 5.93. The first-order valence-corrected chi connectivity index (χ1v) is 7.27. The van der Waals surface area contributed by atoms with E-state index in [1.807, 2.05) is 0 Å². The van der Waals surface area contributed by atoms with Gasteiger partial charge in [-0.15, -0.1) is 0 Å². The third-order valence-corrected chi connectivity index (χ3v) is 5.07. The molecule has 1 aliphatic rings. The molecule has 1 unspecified atom stereocenters. The molecule has 0 spiro atoms. The van der Waals surface area contributed by atoms with Crippen molar-refractivity contribution < 1.29 is 9.84 Å². The quantitative estimate of drug-likeness (QED) is 0.881. The van der Waals surface area contributed by atoms with Crippen molar-refractivity contribution in [1.82, 2.24) is 0 Å². The van der Waals surface area contributed by atoms with E-state index in [1.54, 1.807) is 0 Å². The van der Waals surface area contributed by atoms with E-state index in [9.17, 15) is 5.11 Å². The van der Waals surface area contributed by atoms with Gasteiger partial charge in [-0.25, -0.2) is 0 Å². The van der Waals surface area contributed by atoms with Gasteiger partial charge in [0.2, 0.25) is 0 Å². The summed E-state index contributed by atoms with van der Waals surface area (Å²) in [6, 6.07) is 0. The molecule has 0 amide bonds. The van der Waals surface area contributed by atoms with E-state index >= 15 is 0 Å². The third-order valence-electron chi connectivity index (χ3n) is 5.07. The lowest BCUT2D eigenvalue weighted by molar-refractivity contribution is 0.00668. The highest BCUT2D eigenvalue weighted by molar-refractivity contribution is 5.50. The molecule has 1 saturated heterocycles. The van der Waals surface area contributed by atoms with Gasteiger partial charge in [-0.1, -0.05) is 0 Å². The van der Waals surface area contributed by atoms with Crippen molar-refractivity contribution in [3.63, 3.8) is 0 Å². The third kappa shape index (κ3) is 2.56. The number of hydrogen-bond acceptors (Lipinski definition) is 2. The summed E-state index contributed by atoms with van der Waals surface area (Å²) in [6.07, 6.45) is 1.58. The highest BCUT2D eigenvalue weighted by Gasteiger charge is 2.27. The molecule has 1 N–H and O–H groups in total. The first-order valence-electron chi connectivity index (χ1n) is 7.27. The van der Waals surface area contributed by atoms with Gasteiger partial charge in [-0.05, 0) is 86.8 Å². The van der Waals surface area contributed by atoms with Crippen LogP contribution in [0.15, 0.2) is 0 Å². The Balaban J connectivity index is 2.43. The highest BCUT2D eigenvalue weighted by atomic mass is 16.5. The van der Waals surface area contributed by atoms with Crippen LogP contribution >= 0.6 is 0 Å². The Morgan fingerprint density at radius 1 is 0.842 bits per heavy atom. The molecule has 1 heterocycles. The minimum Gasteiger partial charge on any atom is -0.388 e. The molecule has 2 heteroatoms. The fourth-order valence-electron chi connectivity index (χ4n) is 3.24. The smallest absolute Gasteiger partial charge is 0.0825 e. The predicted octanol–water partition coefficient (Wildman–Crippen LogP) is 3.69. The predicted molar refractivity (Wildman–Crippen MR) is 78.6 cm³/mol. The van der Waals surface area contributed by atoms with Gasteiger partial charge < -0.3 is 9.84 Å². The van der Waals surface area contributed by atoms with Gasteiger partial charge in [0, 0.05) is 13.2 Å². The second kappa shape index (κ2) is 5.64. The Hall–Kier alpha value is -0.860. The average Bonchev–Trinajstić information content (AvgIpc) is 2.44. The molecule has 0 radical (unpaired) electrons. The molecule has 0 aliphatic carbocycles. The highest BCUT2D eigenvalue weighted by Crippen LogP contribution is 2.37. The molecule has 1 aliphatic heterocycles. The summed E-state index contributed by atoms with van der Waals surface area (Å²) in [6.45, 7) is 12.4. The van der Waals surface area contributed by atoms with Crippen molar-refractivity contribution in [3.05, 3.63) is 33.4 Å². The van der Waals surface area contributed by atoms with Gasteiger partial charge in [0.15, 0.2) is 0 Å². The SMILES string of the molecule is Cc1c(C)c(C)c(C(O)C2CCOCC2)c(C)c1C. The lowest BCUT2D eigenvalue weighted by Gasteiger charge is -2.30. The van der Waals surface area contributed by atoms with Gasteiger partial charge in [-0.3, -0.25) is 0 Å². The molecule has 1 fully saturated rings. The first-order chi connectivity index (χ1) is 8.95. The van der Waals surface area contributed by atoms with Crippen LogP contribution in [0.2, 0.25) is 0 Å². The minimum absolute atomic E-state index is 0.340. The van der Waals surface area contributed by atoms with Crippen LogP contribution in [0.5, 0.6) is 0 Å². The molecule has 0 bridgehead atoms. The Morgan fingerprint density at radius 2 is 1.26 bits per heavy atom. The van der Waals surface area contributed by atoms with Gasteiger partial charge in [0.1, 0.15) is 0 Å². The van der Waals surface area contributed by atoms with E-state index in [4.69, 9.17) is 4.74 Å². The normalized spacial score (nSPS) is 18.6. The molecule has 1 atom stereocenters. The Kier molecular flexibility index (Phi) is 4.32. The molecule has 1 aromatic carbocycles. The molecular weight excluding hydrogens is 236 g/mol. The van der Waals surface area contributed by atoms with Crippen molar-refractivity contribution >= 4 is 0 Å². The van der Waals surface area contributed by atoms with Crippen LogP contribution in [-0.2, 0) is 4.74 Å². The number of hydrogen-bond donors (Lipinski definition) is 1. The summed E-state index contributed by atoms with van der Waals surface area (Å²) in [7, 11) is 0. The van der Waals surface area contributed by atoms with E-state index < -0.39 is 0 Å². The minimum atomic E-state index is -0.345. The lowest BCUT2D eigenvalue weighted by atomic mass is 9.81. The zero-order chi connectivity index (χ0) is 14.2. The number of aliphatic hydroxyl groups excluding tert-OH is 1. The first kappa shape index (κ1) is 14.5. The maximum Gasteiger partial charge on any atom is 0.0825 e. The molecule has 19 heavy (non-hydrogen) atoms. The maximum atomic E-state index is 10.8. The number of benzene rings is 1. The topological polar surface area (TPSA) is 29.5 Å². The number of rotatable bonds is 2. The van der Waals surface area contributed by atoms with Gasteiger partial charge in [-0.2, -0.15) is 0 Å². The summed E-state index contributed by atoms with van der Waals surface area (Å²) >= 11 is 0. The summed E-state index contributed by atoms with van der Waals surface area (Å²) in [5.74, 6) is 0.340. The van der Waals surface area contributed by atoms with Gasteiger partial charge in [0.25, 0.3) is 0 Å². The van der Waals surface area contributed by atoms with E-state index in [2.05, 4.69) is 34.6 Å². The van der Waals surface area contributed by atoms with E-state index in [0.717, 1.165) is 31.6 Å². The molecule has 106 valence electrons. The zero-order valence-corrected chi connectivity index (χ0v) is 12.8. The summed E-state index contributed by atoms with van der Waals surface area (Å²) < 4.78 is 5.40. The standard InChI is InChI=1S/C17H26O2/c1-10-11(2)13(4)16(14(5)12(10)3)17(18)15-6-8-19-9-7-15/h15,17-18H,6-9H2,1-5H3. The molecule has 2 rings (SSSR count). The van der Waals surface area contributed by atoms with Crippen LogP contribution in [0, 0.1) is 40.5 Å². The van der Waals surface area contributed by atoms with E-state index in [0.29, 0.717) is 5.92 Å². The fraction of sp³-hybridized carbons (Fsp3) is 0.647. The van der Waals surface area contributed by atoms with Crippen LogP contribution < -0.4 is 0 Å². The largest absolute Gasteiger partial charge is 0.388 e. The van der Waals surface area contributed by atoms with Crippen molar-refractivity contribution in [3.8, 4) is 0 Å². The summed E-state index contributed by atoms with van der Waals surface area (Å²) in [5.41, 5.74) is 7.69. The van der Waals surface area contributed by atoms with Crippen molar-refractivity contribution in [2.75, 3.05) is 13.2 Å². The van der Waals surface area contributed by atoms with Crippen molar-refractivity contribution in [2.24, 2.45) is 5.92 Å². The van der Waals surface area contributed by atoms with Crippen LogP contribution in [0.25, 0.3) is 0 Å². The summed E-state index contributed by atoms with van der Waals surface area (Å²) in [5, 5.41) is 10.8. The van der Waals surface area contributed by atoms with Crippen LogP contribution in [0.1, 0.15) is 52.3 Å². The van der Waals surface area contributed by atoms with Crippen LogP contribution in [-0.4, -0.2) is 18.3 Å². The van der Waals surface area contributed by atoms with Crippen LogP contribution in [0.3, 0.4) is 0 Å². The number of aliphatic hydroxyl groups is 1. The van der Waals surface area contributed by atoms with Crippen LogP contribution in [0.4, 0.5) is 0 Å². The number of ether oxygens (including phenoxy) is 1. The average molecular weight is 262 g/mol. The summed E-state index contributed by atoms with van der Waals surface area (Å²) in [4.78, 5) is 0. The molecule has 0 aromatic heterocycles. The van der Waals surface area contributed by atoms with E-state index in [1.165, 1.54) is 27.8 Å². The lowest BCUT2D eigenvalue weighted by Crippen LogP contribution is -2.23. The molecule has 0 saturated carbocycles. The Morgan fingerprint density at radius 3 is 1.74 bits per heavy atom. The maximum absolute atomic E-state index is 10.8. The van der Waals surface area contributed by atoms with E-state index in [-0.39, 0.29) is 6.10 Å². The Labute approximate surface area is 116 Å². The van der Waals surface area contributed by atoms with Gasteiger partial charge in [0.05, 0.1) is 6.10 Å². The van der Waals surface area contributed by atoms with Crippen molar-refractivity contribution in [1.29, 1.82) is 0 Å². The molecular formula is C17H26O2. The zero-order valence-electron chi connectivity index (χ0n) is 12.8. The molecule has 2 nitrogen and oxygen atoms in total. The Bertz CT molecular complexity index is 442. The fourth-order valence-corrected chi connectivity index (χ4v) is 3.24. The molecule has 1 aromatic rings. The monoisotopic (exact) mass is 262 g/mol. The van der Waals surface area contributed by atoms with Crippen molar-refractivity contribution in [2.45, 2.75) is 53.6 Å². The van der Waals surface area contributed by atoms with Gasteiger partial charge >= 0.3 is 0 Å².